The van der Waals surface area contributed by atoms with Gasteiger partial charge in [0, 0.05) is 50.0 Å². The maximum absolute atomic E-state index is 12.5. The Morgan fingerprint density at radius 3 is 2.39 bits per heavy atom. The first-order valence-electron chi connectivity index (χ1n) is 10.9. The summed E-state index contributed by atoms with van der Waals surface area (Å²) in [7, 11) is 1.88. The third-order valence-electron chi connectivity index (χ3n) is 5.78. The van der Waals surface area contributed by atoms with Gasteiger partial charge in [-0.3, -0.25) is 14.9 Å². The van der Waals surface area contributed by atoms with Crippen molar-refractivity contribution < 1.29 is 19.1 Å². The van der Waals surface area contributed by atoms with Crippen LogP contribution in [-0.4, -0.2) is 66.7 Å². The molecule has 2 saturated heterocycles. The van der Waals surface area contributed by atoms with Gasteiger partial charge in [0.05, 0.1) is 0 Å². The first-order chi connectivity index (χ1) is 14.5. The number of rotatable bonds is 3. The topological polar surface area (TPSA) is 82.2 Å². The van der Waals surface area contributed by atoms with Crippen LogP contribution in [0.25, 0.3) is 0 Å². The van der Waals surface area contributed by atoms with Gasteiger partial charge in [-0.1, -0.05) is 6.07 Å². The Hall–Kier alpha value is -2.77. The number of carbonyl (C=O) groups is 3. The molecule has 0 unspecified atom stereocenters. The fraction of sp³-hybridized carbons (Fsp3) is 0.609. The van der Waals surface area contributed by atoms with Crippen molar-refractivity contribution in [1.29, 1.82) is 0 Å². The lowest BCUT2D eigenvalue weighted by Crippen LogP contribution is -2.59. The maximum atomic E-state index is 12.5. The van der Waals surface area contributed by atoms with E-state index >= 15 is 0 Å². The number of piperazine rings is 1. The van der Waals surface area contributed by atoms with Crippen LogP contribution in [0.2, 0.25) is 0 Å². The number of ether oxygens (including phenoxy) is 1. The Morgan fingerprint density at radius 2 is 1.81 bits per heavy atom. The zero-order chi connectivity index (χ0) is 22.9. The molecule has 8 heteroatoms. The molecule has 0 saturated carbocycles. The molecule has 0 radical (unpaired) electrons. The molecule has 31 heavy (non-hydrogen) atoms. The first kappa shape index (κ1) is 22.9. The largest absolute Gasteiger partial charge is 0.444 e. The van der Waals surface area contributed by atoms with Crippen LogP contribution in [0.4, 0.5) is 16.2 Å². The van der Waals surface area contributed by atoms with E-state index in [1.54, 1.807) is 4.90 Å². The van der Waals surface area contributed by atoms with Crippen molar-refractivity contribution in [3.63, 3.8) is 0 Å². The highest BCUT2D eigenvalue weighted by atomic mass is 16.6. The Morgan fingerprint density at radius 1 is 1.16 bits per heavy atom. The molecule has 3 amide bonds. The lowest BCUT2D eigenvalue weighted by molar-refractivity contribution is -0.134. The monoisotopic (exact) mass is 430 g/mol. The molecular weight excluding hydrogens is 396 g/mol. The summed E-state index contributed by atoms with van der Waals surface area (Å²) >= 11 is 0. The Balaban J connectivity index is 1.74. The predicted octanol–water partition coefficient (Wildman–Crippen LogP) is 2.76. The number of nitrogens with zero attached hydrogens (tertiary/aromatic N) is 3. The van der Waals surface area contributed by atoms with E-state index in [-0.39, 0.29) is 36.0 Å². The molecule has 2 aliphatic heterocycles. The van der Waals surface area contributed by atoms with Gasteiger partial charge in [-0.25, -0.2) is 4.79 Å². The number of imide groups is 1. The van der Waals surface area contributed by atoms with Crippen molar-refractivity contribution >= 4 is 29.3 Å². The summed E-state index contributed by atoms with van der Waals surface area (Å²) in [6.45, 7) is 11.0. The van der Waals surface area contributed by atoms with E-state index in [0.717, 1.165) is 11.4 Å². The van der Waals surface area contributed by atoms with Crippen molar-refractivity contribution in [1.82, 2.24) is 10.2 Å². The van der Waals surface area contributed by atoms with Crippen molar-refractivity contribution in [2.24, 2.45) is 0 Å². The molecule has 2 aliphatic rings. The highest BCUT2D eigenvalue weighted by Gasteiger charge is 2.35. The third-order valence-corrected chi connectivity index (χ3v) is 5.78. The number of benzene rings is 1. The second-order valence-electron chi connectivity index (χ2n) is 9.59. The van der Waals surface area contributed by atoms with E-state index in [4.69, 9.17) is 4.74 Å². The Kier molecular flexibility index (Phi) is 6.48. The summed E-state index contributed by atoms with van der Waals surface area (Å²) in [5.41, 5.74) is 1.44. The molecule has 1 aromatic carbocycles. The van der Waals surface area contributed by atoms with Gasteiger partial charge >= 0.3 is 6.09 Å². The lowest BCUT2D eigenvalue weighted by atomic mass is 10.0. The summed E-state index contributed by atoms with van der Waals surface area (Å²) in [6, 6.07) is 7.91. The highest BCUT2D eigenvalue weighted by Crippen LogP contribution is 2.30. The molecule has 170 valence electrons. The molecular formula is C23H34N4O4. The average Bonchev–Trinajstić information content (AvgIpc) is 2.66. The number of piperidine rings is 1. The molecule has 0 aliphatic carbocycles. The molecule has 0 aromatic heterocycles. The van der Waals surface area contributed by atoms with Crippen molar-refractivity contribution in [3.05, 3.63) is 24.3 Å². The third kappa shape index (κ3) is 5.29. The number of hydrogen-bond donors (Lipinski definition) is 1. The predicted molar refractivity (Wildman–Crippen MR) is 120 cm³/mol. The number of likely N-dealkylation sites (N-methyl/N-ethyl adjacent to an activating group) is 1. The van der Waals surface area contributed by atoms with Gasteiger partial charge in [-0.05, 0) is 59.2 Å². The van der Waals surface area contributed by atoms with E-state index in [1.165, 1.54) is 0 Å². The molecule has 2 fully saturated rings. The van der Waals surface area contributed by atoms with Gasteiger partial charge in [0.25, 0.3) is 0 Å². The smallest absolute Gasteiger partial charge is 0.410 e. The van der Waals surface area contributed by atoms with Crippen LogP contribution < -0.4 is 15.1 Å². The van der Waals surface area contributed by atoms with Crippen molar-refractivity contribution in [3.8, 4) is 0 Å². The van der Waals surface area contributed by atoms with Crippen LogP contribution in [0.5, 0.6) is 0 Å². The van der Waals surface area contributed by atoms with Crippen LogP contribution in [0.1, 0.15) is 47.5 Å². The molecule has 1 aromatic rings. The van der Waals surface area contributed by atoms with E-state index in [0.29, 0.717) is 25.9 Å². The summed E-state index contributed by atoms with van der Waals surface area (Å²) in [5.74, 6) is -0.467. The van der Waals surface area contributed by atoms with E-state index < -0.39 is 5.60 Å². The molecule has 3 atom stereocenters. The molecule has 0 spiro atoms. The molecule has 3 rings (SSSR count). The molecule has 2 heterocycles. The van der Waals surface area contributed by atoms with Gasteiger partial charge in [-0.15, -0.1) is 0 Å². The number of anilines is 2. The lowest BCUT2D eigenvalue weighted by Gasteiger charge is -2.46. The van der Waals surface area contributed by atoms with Crippen LogP contribution in [0.15, 0.2) is 24.3 Å². The summed E-state index contributed by atoms with van der Waals surface area (Å²) < 4.78 is 5.55. The fourth-order valence-electron chi connectivity index (χ4n) is 4.41. The fourth-order valence-corrected chi connectivity index (χ4v) is 4.41. The van der Waals surface area contributed by atoms with Crippen LogP contribution in [-0.2, 0) is 14.3 Å². The first-order valence-corrected chi connectivity index (χ1v) is 10.9. The Labute approximate surface area is 184 Å². The second kappa shape index (κ2) is 8.77. The highest BCUT2D eigenvalue weighted by molar-refractivity contribution is 6.01. The SMILES string of the molecule is C[C@@H]1CN(C(=O)OC(C)(C)C)C[C@H](C)N1c1cccc(N(C)[C@H]2CCC(=O)NC2=O)c1. The van der Waals surface area contributed by atoms with E-state index in [9.17, 15) is 14.4 Å². The Bertz CT molecular complexity index is 838. The zero-order valence-electron chi connectivity index (χ0n) is 19.3. The minimum Gasteiger partial charge on any atom is -0.444 e. The van der Waals surface area contributed by atoms with Crippen molar-refractivity contribution in [2.75, 3.05) is 29.9 Å². The molecule has 0 bridgehead atoms. The normalized spacial score (nSPS) is 24.6. The minimum absolute atomic E-state index is 0.104. The van der Waals surface area contributed by atoms with Crippen LogP contribution in [0, 0.1) is 0 Å². The molecule has 1 N–H and O–H groups in total. The molecule has 8 nitrogen and oxygen atoms in total. The van der Waals surface area contributed by atoms with E-state index in [1.807, 2.05) is 44.9 Å². The standard InChI is InChI=1S/C23H34N4O4/c1-15-13-26(22(30)31-23(3,4)5)14-16(2)27(15)18-9-7-8-17(12-18)25(6)19-10-11-20(28)24-21(19)29/h7-9,12,15-16,19H,10-11,13-14H2,1-6H3,(H,24,28,29)/t15-,16+,19-/m0/s1. The summed E-state index contributed by atoms with van der Waals surface area (Å²) in [5, 5.41) is 2.42. The number of carbonyl (C=O) groups excluding carboxylic acids is 3. The summed E-state index contributed by atoms with van der Waals surface area (Å²) in [6.07, 6.45) is 0.575. The number of amides is 3. The summed E-state index contributed by atoms with van der Waals surface area (Å²) in [4.78, 5) is 42.3. The average molecular weight is 431 g/mol. The van der Waals surface area contributed by atoms with Crippen LogP contribution >= 0.6 is 0 Å². The van der Waals surface area contributed by atoms with Gasteiger partial charge in [0.1, 0.15) is 11.6 Å². The van der Waals surface area contributed by atoms with Gasteiger partial charge in [0.15, 0.2) is 0 Å². The zero-order valence-corrected chi connectivity index (χ0v) is 19.3. The minimum atomic E-state index is -0.518. The van der Waals surface area contributed by atoms with Gasteiger partial charge < -0.3 is 19.4 Å². The quantitative estimate of drug-likeness (QED) is 0.743. The van der Waals surface area contributed by atoms with Crippen LogP contribution in [0.3, 0.4) is 0 Å². The number of hydrogen-bond acceptors (Lipinski definition) is 6. The number of nitrogens with one attached hydrogen (secondary N) is 1. The second-order valence-corrected chi connectivity index (χ2v) is 9.59. The van der Waals surface area contributed by atoms with Crippen molar-refractivity contribution in [2.45, 2.75) is 71.2 Å². The maximum Gasteiger partial charge on any atom is 0.410 e. The van der Waals surface area contributed by atoms with E-state index in [2.05, 4.69) is 36.2 Å². The van der Waals surface area contributed by atoms with Gasteiger partial charge in [-0.2, -0.15) is 0 Å². The van der Waals surface area contributed by atoms with Gasteiger partial charge in [0.2, 0.25) is 11.8 Å².